The summed E-state index contributed by atoms with van der Waals surface area (Å²) in [6.45, 7) is 4.67. The molecule has 104 valence electrons. The zero-order valence-electron chi connectivity index (χ0n) is 11.3. The molecule has 0 amide bonds. The Morgan fingerprint density at radius 2 is 2.26 bits per heavy atom. The summed E-state index contributed by atoms with van der Waals surface area (Å²) in [6.07, 6.45) is 0.250. The number of aliphatic hydroxyl groups excluding tert-OH is 1. The van der Waals surface area contributed by atoms with Crippen LogP contribution in [-0.4, -0.2) is 38.1 Å². The van der Waals surface area contributed by atoms with Crippen molar-refractivity contribution < 1.29 is 9.84 Å². The maximum absolute atomic E-state index is 9.74. The van der Waals surface area contributed by atoms with Gasteiger partial charge in [-0.15, -0.1) is 16.4 Å². The molecule has 7 heteroatoms. The van der Waals surface area contributed by atoms with Crippen LogP contribution in [0.2, 0.25) is 0 Å². The maximum Gasteiger partial charge on any atom is 0.200 e. The average molecular weight is 282 g/mol. The number of aromatic nitrogens is 4. The molecule has 2 aromatic heterocycles. The van der Waals surface area contributed by atoms with Crippen LogP contribution in [0.15, 0.2) is 5.38 Å². The van der Waals surface area contributed by atoms with Gasteiger partial charge in [-0.05, 0) is 13.3 Å². The van der Waals surface area contributed by atoms with E-state index in [9.17, 15) is 5.11 Å². The number of methoxy groups -OCH3 is 1. The molecule has 1 atom stereocenters. The van der Waals surface area contributed by atoms with E-state index < -0.39 is 6.10 Å². The highest BCUT2D eigenvalue weighted by molar-refractivity contribution is 7.09. The second kappa shape index (κ2) is 6.23. The molecule has 2 heterocycles. The van der Waals surface area contributed by atoms with Crippen molar-refractivity contribution in [1.82, 2.24) is 19.7 Å². The van der Waals surface area contributed by atoms with E-state index in [0.29, 0.717) is 31.2 Å². The van der Waals surface area contributed by atoms with Crippen molar-refractivity contribution in [3.63, 3.8) is 0 Å². The minimum absolute atomic E-state index is 0.368. The Balaban J connectivity index is 2.28. The first-order valence-corrected chi connectivity index (χ1v) is 7.05. The fourth-order valence-corrected chi connectivity index (χ4v) is 2.25. The summed E-state index contributed by atoms with van der Waals surface area (Å²) < 4.78 is 6.81. The van der Waals surface area contributed by atoms with Gasteiger partial charge in [0.05, 0.1) is 17.7 Å². The molecule has 0 aliphatic carbocycles. The maximum atomic E-state index is 9.74. The second-order valence-electron chi connectivity index (χ2n) is 4.28. The molecule has 0 aliphatic heterocycles. The van der Waals surface area contributed by atoms with Gasteiger partial charge in [-0.3, -0.25) is 0 Å². The van der Waals surface area contributed by atoms with E-state index in [0.717, 1.165) is 10.7 Å². The highest BCUT2D eigenvalue weighted by Crippen LogP contribution is 2.19. The second-order valence-corrected chi connectivity index (χ2v) is 5.34. The number of thiazole rings is 1. The van der Waals surface area contributed by atoms with Gasteiger partial charge in [0.2, 0.25) is 5.82 Å². The molecular weight excluding hydrogens is 264 g/mol. The van der Waals surface area contributed by atoms with Crippen molar-refractivity contribution in [1.29, 1.82) is 0 Å². The van der Waals surface area contributed by atoms with E-state index in [1.807, 2.05) is 19.2 Å². The highest BCUT2D eigenvalue weighted by Gasteiger charge is 2.15. The van der Waals surface area contributed by atoms with Crippen molar-refractivity contribution in [2.75, 3.05) is 7.11 Å². The van der Waals surface area contributed by atoms with Crippen LogP contribution in [0, 0.1) is 6.92 Å². The van der Waals surface area contributed by atoms with Crippen molar-refractivity contribution in [2.24, 2.45) is 0 Å². The molecule has 0 radical (unpaired) electrons. The van der Waals surface area contributed by atoms with Gasteiger partial charge in [0.15, 0.2) is 5.82 Å². The Bertz CT molecular complexity index is 538. The highest BCUT2D eigenvalue weighted by atomic mass is 32.1. The number of hydrogen-bond acceptors (Lipinski definition) is 6. The summed E-state index contributed by atoms with van der Waals surface area (Å²) in [7, 11) is 1.61. The number of hydrogen-bond donors (Lipinski definition) is 1. The van der Waals surface area contributed by atoms with Crippen molar-refractivity contribution in [3.8, 4) is 11.5 Å². The van der Waals surface area contributed by atoms with Crippen molar-refractivity contribution in [2.45, 2.75) is 39.5 Å². The van der Waals surface area contributed by atoms with Gasteiger partial charge in [0.1, 0.15) is 12.3 Å². The van der Waals surface area contributed by atoms with E-state index >= 15 is 0 Å². The molecule has 19 heavy (non-hydrogen) atoms. The first-order valence-electron chi connectivity index (χ1n) is 6.17. The summed E-state index contributed by atoms with van der Waals surface area (Å²) in [4.78, 5) is 8.80. The van der Waals surface area contributed by atoms with Gasteiger partial charge in [-0.25, -0.2) is 14.6 Å². The molecule has 0 fully saturated rings. The van der Waals surface area contributed by atoms with Crippen LogP contribution in [0.3, 0.4) is 0 Å². The lowest BCUT2D eigenvalue weighted by Gasteiger charge is -2.09. The van der Waals surface area contributed by atoms with Gasteiger partial charge in [0, 0.05) is 12.5 Å². The van der Waals surface area contributed by atoms with Crippen molar-refractivity contribution >= 4 is 11.3 Å². The fourth-order valence-electron chi connectivity index (χ4n) is 1.66. The Labute approximate surface area is 116 Å². The molecule has 2 aromatic rings. The molecule has 0 unspecified atom stereocenters. The van der Waals surface area contributed by atoms with Crippen LogP contribution < -0.4 is 0 Å². The first kappa shape index (κ1) is 14.1. The summed E-state index contributed by atoms with van der Waals surface area (Å²) in [5.74, 6) is 1.29. The summed E-state index contributed by atoms with van der Waals surface area (Å²) in [6, 6.07) is 0. The average Bonchev–Trinajstić information content (AvgIpc) is 2.97. The fraction of sp³-hybridized carbons (Fsp3) is 0.583. The molecule has 0 aliphatic rings. The number of aryl methyl sites for hydroxylation is 1. The summed E-state index contributed by atoms with van der Waals surface area (Å²) >= 11 is 1.57. The normalized spacial score (nSPS) is 12.8. The third-order valence-corrected chi connectivity index (χ3v) is 3.50. The zero-order valence-corrected chi connectivity index (χ0v) is 12.1. The van der Waals surface area contributed by atoms with Crippen LogP contribution >= 0.6 is 11.3 Å². The molecular formula is C12H18N4O2S. The lowest BCUT2D eigenvalue weighted by atomic mass is 10.3. The Kier molecular flexibility index (Phi) is 4.62. The van der Waals surface area contributed by atoms with E-state index in [-0.39, 0.29) is 0 Å². The van der Waals surface area contributed by atoms with Crippen molar-refractivity contribution in [3.05, 3.63) is 16.2 Å². The predicted octanol–water partition coefficient (Wildman–Crippen LogP) is 1.63. The van der Waals surface area contributed by atoms with E-state index in [1.165, 1.54) is 0 Å². The predicted molar refractivity (Wildman–Crippen MR) is 72.9 cm³/mol. The molecule has 0 saturated carbocycles. The van der Waals surface area contributed by atoms with Crippen LogP contribution in [0.25, 0.3) is 11.5 Å². The number of aliphatic hydroxyl groups is 1. The van der Waals surface area contributed by atoms with Gasteiger partial charge < -0.3 is 9.84 Å². The van der Waals surface area contributed by atoms with Crippen LogP contribution in [0.4, 0.5) is 0 Å². The third-order valence-electron chi connectivity index (χ3n) is 2.72. The molecule has 1 N–H and O–H groups in total. The standard InChI is InChI=1S/C12H18N4O2S/c1-4-9(17)5-16-11(6-18-3)14-12(15-16)10-7-19-8(2)13-10/h7,9,17H,4-6H2,1-3H3/t9-/m0/s1. The quantitative estimate of drug-likeness (QED) is 0.871. The third kappa shape index (κ3) is 3.37. The molecule has 6 nitrogen and oxygen atoms in total. The molecule has 0 saturated heterocycles. The molecule has 0 bridgehead atoms. The minimum Gasteiger partial charge on any atom is -0.391 e. The smallest absolute Gasteiger partial charge is 0.200 e. The number of nitrogens with zero attached hydrogens (tertiary/aromatic N) is 4. The zero-order chi connectivity index (χ0) is 13.8. The Morgan fingerprint density at radius 3 is 2.84 bits per heavy atom. The molecule has 2 rings (SSSR count). The van der Waals surface area contributed by atoms with E-state index in [4.69, 9.17) is 4.74 Å². The SMILES string of the molecule is CC[C@H](O)Cn1nc(-c2csc(C)n2)nc1COC. The van der Waals surface area contributed by atoms with Gasteiger partial charge >= 0.3 is 0 Å². The summed E-state index contributed by atoms with van der Waals surface area (Å²) in [5, 5.41) is 17.1. The monoisotopic (exact) mass is 282 g/mol. The van der Waals surface area contributed by atoms with Crippen LogP contribution in [0.5, 0.6) is 0 Å². The topological polar surface area (TPSA) is 73.1 Å². The van der Waals surface area contributed by atoms with Crippen LogP contribution in [0.1, 0.15) is 24.2 Å². The number of ether oxygens (including phenoxy) is 1. The van der Waals surface area contributed by atoms with E-state index in [2.05, 4.69) is 15.1 Å². The van der Waals surface area contributed by atoms with Gasteiger partial charge in [-0.1, -0.05) is 6.92 Å². The number of rotatable bonds is 6. The lowest BCUT2D eigenvalue weighted by molar-refractivity contribution is 0.133. The first-order chi connectivity index (χ1) is 9.13. The largest absolute Gasteiger partial charge is 0.391 e. The van der Waals surface area contributed by atoms with Gasteiger partial charge in [-0.2, -0.15) is 0 Å². The van der Waals surface area contributed by atoms with Crippen LogP contribution in [-0.2, 0) is 17.9 Å². The Morgan fingerprint density at radius 1 is 1.47 bits per heavy atom. The van der Waals surface area contributed by atoms with Gasteiger partial charge in [0.25, 0.3) is 0 Å². The Hall–Kier alpha value is -1.31. The minimum atomic E-state index is -0.428. The molecule has 0 spiro atoms. The lowest BCUT2D eigenvalue weighted by Crippen LogP contribution is -2.18. The summed E-state index contributed by atoms with van der Waals surface area (Å²) in [5.41, 5.74) is 0.768. The van der Waals surface area contributed by atoms with E-state index in [1.54, 1.807) is 23.1 Å². The molecule has 0 aromatic carbocycles.